The van der Waals surface area contributed by atoms with Crippen molar-refractivity contribution in [2.24, 2.45) is 0 Å². The molecule has 0 spiro atoms. The van der Waals surface area contributed by atoms with E-state index < -0.39 is 0 Å². The van der Waals surface area contributed by atoms with Gasteiger partial charge in [0.1, 0.15) is 0 Å². The number of aromatic nitrogens is 2. The molecule has 0 aliphatic heterocycles. The lowest BCUT2D eigenvalue weighted by Crippen LogP contribution is -2.00. The molecule has 4 nitrogen and oxygen atoms in total. The van der Waals surface area contributed by atoms with Gasteiger partial charge in [0.2, 0.25) is 5.95 Å². The molecule has 0 aliphatic rings. The second-order valence-electron chi connectivity index (χ2n) is 4.70. The fourth-order valence-corrected chi connectivity index (χ4v) is 2.00. The molecule has 0 atom stereocenters. The van der Waals surface area contributed by atoms with E-state index >= 15 is 0 Å². The summed E-state index contributed by atoms with van der Waals surface area (Å²) in [7, 11) is 0. The van der Waals surface area contributed by atoms with Crippen LogP contribution in [0.25, 0.3) is 11.0 Å². The molecule has 3 rings (SSSR count). The predicted molar refractivity (Wildman–Crippen MR) is 79.0 cm³/mol. The van der Waals surface area contributed by atoms with Crippen LogP contribution in [0.2, 0.25) is 0 Å². The van der Waals surface area contributed by atoms with Crippen LogP contribution < -0.4 is 11.1 Å². The van der Waals surface area contributed by atoms with Crippen molar-refractivity contribution in [3.63, 3.8) is 0 Å². The van der Waals surface area contributed by atoms with Gasteiger partial charge in [-0.3, -0.25) is 0 Å². The lowest BCUT2D eigenvalue weighted by atomic mass is 10.1. The number of rotatable bonds is 3. The van der Waals surface area contributed by atoms with Gasteiger partial charge in [0.15, 0.2) is 0 Å². The Balaban J connectivity index is 1.76. The van der Waals surface area contributed by atoms with Gasteiger partial charge in [-0.2, -0.15) is 0 Å². The highest BCUT2D eigenvalue weighted by Crippen LogP contribution is 2.17. The number of H-pyrrole nitrogens is 1. The molecule has 0 aliphatic carbocycles. The van der Waals surface area contributed by atoms with Crippen LogP contribution >= 0.6 is 0 Å². The molecular formula is C15H16N4. The van der Waals surface area contributed by atoms with Gasteiger partial charge in [0, 0.05) is 12.2 Å². The van der Waals surface area contributed by atoms with Gasteiger partial charge >= 0.3 is 0 Å². The van der Waals surface area contributed by atoms with Crippen molar-refractivity contribution < 1.29 is 0 Å². The molecule has 1 aromatic heterocycles. The standard InChI is InChI=1S/C15H16N4/c1-10-2-4-11(5-3-10)9-17-15-18-13-7-6-12(16)8-14(13)19-15/h2-8H,9,16H2,1H3,(H2,17,18,19). The number of fused-ring (bicyclic) bond motifs is 1. The molecule has 96 valence electrons. The maximum absolute atomic E-state index is 5.74. The molecule has 3 aromatic rings. The minimum absolute atomic E-state index is 0.737. The number of benzene rings is 2. The molecule has 19 heavy (non-hydrogen) atoms. The first-order valence-corrected chi connectivity index (χ1v) is 6.25. The lowest BCUT2D eigenvalue weighted by Gasteiger charge is -2.03. The number of nitrogens with two attached hydrogens (primary N) is 1. The number of anilines is 2. The summed E-state index contributed by atoms with van der Waals surface area (Å²) in [6.07, 6.45) is 0. The minimum atomic E-state index is 0.737. The zero-order chi connectivity index (χ0) is 13.2. The Kier molecular flexibility index (Phi) is 2.83. The summed E-state index contributed by atoms with van der Waals surface area (Å²) >= 11 is 0. The van der Waals surface area contributed by atoms with Crippen molar-refractivity contribution in [3.05, 3.63) is 53.6 Å². The van der Waals surface area contributed by atoms with Crippen LogP contribution in [0.15, 0.2) is 42.5 Å². The monoisotopic (exact) mass is 252 g/mol. The third-order valence-corrected chi connectivity index (χ3v) is 3.09. The summed E-state index contributed by atoms with van der Waals surface area (Å²) in [5, 5.41) is 3.28. The van der Waals surface area contributed by atoms with Crippen LogP contribution in [0.5, 0.6) is 0 Å². The highest BCUT2D eigenvalue weighted by molar-refractivity contribution is 5.80. The Labute approximate surface area is 111 Å². The average molecular weight is 252 g/mol. The van der Waals surface area contributed by atoms with E-state index in [0.717, 1.165) is 29.2 Å². The molecule has 0 radical (unpaired) electrons. The maximum atomic E-state index is 5.74. The van der Waals surface area contributed by atoms with Gasteiger partial charge in [-0.05, 0) is 30.7 Å². The fraction of sp³-hybridized carbons (Fsp3) is 0.133. The van der Waals surface area contributed by atoms with Gasteiger partial charge < -0.3 is 16.0 Å². The normalized spacial score (nSPS) is 10.8. The molecule has 2 aromatic carbocycles. The topological polar surface area (TPSA) is 66.7 Å². The number of aromatic amines is 1. The Hall–Kier alpha value is -2.49. The maximum Gasteiger partial charge on any atom is 0.201 e. The van der Waals surface area contributed by atoms with Crippen LogP contribution in [0.3, 0.4) is 0 Å². The summed E-state index contributed by atoms with van der Waals surface area (Å²) in [4.78, 5) is 7.68. The highest BCUT2D eigenvalue weighted by Gasteiger charge is 2.02. The summed E-state index contributed by atoms with van der Waals surface area (Å²) in [5.74, 6) is 0.765. The van der Waals surface area contributed by atoms with Crippen molar-refractivity contribution in [2.75, 3.05) is 11.1 Å². The zero-order valence-electron chi connectivity index (χ0n) is 10.8. The first kappa shape index (κ1) is 11.6. The minimum Gasteiger partial charge on any atom is -0.399 e. The number of hydrogen-bond donors (Lipinski definition) is 3. The molecule has 0 fully saturated rings. The Bertz CT molecular complexity index is 698. The van der Waals surface area contributed by atoms with Crippen LogP contribution in [-0.4, -0.2) is 9.97 Å². The van der Waals surface area contributed by atoms with E-state index in [1.807, 2.05) is 18.2 Å². The van der Waals surface area contributed by atoms with Crippen molar-refractivity contribution in [1.29, 1.82) is 0 Å². The van der Waals surface area contributed by atoms with Crippen LogP contribution in [0.4, 0.5) is 11.6 Å². The number of aryl methyl sites for hydroxylation is 1. The van der Waals surface area contributed by atoms with E-state index in [0.29, 0.717) is 0 Å². The second-order valence-corrected chi connectivity index (χ2v) is 4.70. The SMILES string of the molecule is Cc1ccc(CNc2nc3ccc(N)cc3[nH]2)cc1. The summed E-state index contributed by atoms with van der Waals surface area (Å²) in [6.45, 7) is 2.83. The van der Waals surface area contributed by atoms with Gasteiger partial charge in [0.25, 0.3) is 0 Å². The van der Waals surface area contributed by atoms with Gasteiger partial charge in [-0.1, -0.05) is 29.8 Å². The van der Waals surface area contributed by atoms with Crippen molar-refractivity contribution in [3.8, 4) is 0 Å². The zero-order valence-corrected chi connectivity index (χ0v) is 10.8. The smallest absolute Gasteiger partial charge is 0.201 e. The number of nitrogens with one attached hydrogen (secondary N) is 2. The molecule has 4 N–H and O–H groups in total. The van der Waals surface area contributed by atoms with Gasteiger partial charge in [-0.25, -0.2) is 4.98 Å². The summed E-state index contributed by atoms with van der Waals surface area (Å²) in [5.41, 5.74) is 10.8. The van der Waals surface area contributed by atoms with Crippen molar-refractivity contribution >= 4 is 22.7 Å². The predicted octanol–water partition coefficient (Wildman–Crippen LogP) is 3.07. The molecule has 0 saturated carbocycles. The Morgan fingerprint density at radius 1 is 1.16 bits per heavy atom. The third-order valence-electron chi connectivity index (χ3n) is 3.09. The molecule has 0 unspecified atom stereocenters. The Morgan fingerprint density at radius 2 is 1.95 bits per heavy atom. The largest absolute Gasteiger partial charge is 0.399 e. The van der Waals surface area contributed by atoms with E-state index in [1.54, 1.807) is 0 Å². The Morgan fingerprint density at radius 3 is 2.74 bits per heavy atom. The average Bonchev–Trinajstić information content (AvgIpc) is 2.80. The molecule has 1 heterocycles. The van der Waals surface area contributed by atoms with Crippen LogP contribution in [-0.2, 0) is 6.54 Å². The van der Waals surface area contributed by atoms with Crippen LogP contribution in [0.1, 0.15) is 11.1 Å². The molecule has 0 saturated heterocycles. The quantitative estimate of drug-likeness (QED) is 0.627. The highest BCUT2D eigenvalue weighted by atomic mass is 15.1. The molecule has 0 bridgehead atoms. The number of nitrogens with zero attached hydrogens (tertiary/aromatic N) is 1. The van der Waals surface area contributed by atoms with E-state index in [-0.39, 0.29) is 0 Å². The molecule has 4 heteroatoms. The van der Waals surface area contributed by atoms with E-state index in [1.165, 1.54) is 11.1 Å². The van der Waals surface area contributed by atoms with Crippen LogP contribution in [0, 0.1) is 6.92 Å². The third kappa shape index (κ3) is 2.52. The van der Waals surface area contributed by atoms with E-state index in [4.69, 9.17) is 5.73 Å². The molecule has 0 amide bonds. The molecular weight excluding hydrogens is 236 g/mol. The summed E-state index contributed by atoms with van der Waals surface area (Å²) < 4.78 is 0. The van der Waals surface area contributed by atoms with E-state index in [2.05, 4.69) is 46.5 Å². The first-order valence-electron chi connectivity index (χ1n) is 6.25. The van der Waals surface area contributed by atoms with Gasteiger partial charge in [-0.15, -0.1) is 0 Å². The van der Waals surface area contributed by atoms with Crippen molar-refractivity contribution in [2.45, 2.75) is 13.5 Å². The van der Waals surface area contributed by atoms with E-state index in [9.17, 15) is 0 Å². The first-order chi connectivity index (χ1) is 9.20. The lowest BCUT2D eigenvalue weighted by molar-refractivity contribution is 1.10. The number of hydrogen-bond acceptors (Lipinski definition) is 3. The fourth-order valence-electron chi connectivity index (χ4n) is 2.00. The van der Waals surface area contributed by atoms with Crippen molar-refractivity contribution in [1.82, 2.24) is 9.97 Å². The number of nitrogen functional groups attached to an aromatic ring is 1. The summed E-state index contributed by atoms with van der Waals surface area (Å²) in [6, 6.07) is 14.1. The second kappa shape index (κ2) is 4.65. The van der Waals surface area contributed by atoms with Gasteiger partial charge in [0.05, 0.1) is 11.0 Å². The number of imidazole rings is 1.